The molecule has 1 aromatic heterocycles. The minimum absolute atomic E-state index is 0.195. The molecule has 0 aliphatic rings. The van der Waals surface area contributed by atoms with Crippen molar-refractivity contribution >= 4 is 11.9 Å². The minimum Gasteiger partial charge on any atom is -0.479 e. The first-order valence-electron chi connectivity index (χ1n) is 6.51. The van der Waals surface area contributed by atoms with E-state index < -0.39 is 18.0 Å². The van der Waals surface area contributed by atoms with Crippen molar-refractivity contribution in [3.8, 4) is 0 Å². The number of carboxylic acids is 2. The van der Waals surface area contributed by atoms with E-state index in [9.17, 15) is 14.7 Å². The van der Waals surface area contributed by atoms with Gasteiger partial charge in [-0.05, 0) is 12.0 Å². The summed E-state index contributed by atoms with van der Waals surface area (Å²) in [6, 6.07) is 7.46. The van der Waals surface area contributed by atoms with Crippen molar-refractivity contribution < 1.29 is 19.8 Å². The lowest BCUT2D eigenvalue weighted by molar-refractivity contribution is -0.139. The van der Waals surface area contributed by atoms with Crippen molar-refractivity contribution in [1.29, 1.82) is 0 Å². The Morgan fingerprint density at radius 2 is 1.90 bits per heavy atom. The molecule has 0 bridgehead atoms. The second-order valence-corrected chi connectivity index (χ2v) is 4.54. The van der Waals surface area contributed by atoms with Gasteiger partial charge in [0, 0.05) is 0 Å². The molecule has 2 N–H and O–H groups in total. The van der Waals surface area contributed by atoms with Crippen LogP contribution in [0.25, 0.3) is 0 Å². The van der Waals surface area contributed by atoms with Crippen LogP contribution >= 0.6 is 0 Å². The Balaban J connectivity index is 2.56. The van der Waals surface area contributed by atoms with Gasteiger partial charge in [-0.25, -0.2) is 14.3 Å². The average Bonchev–Trinajstić information content (AvgIpc) is 2.84. The molecule has 0 aliphatic carbocycles. The lowest BCUT2D eigenvalue weighted by Crippen LogP contribution is -2.23. The number of carbonyl (C=O) groups is 2. The summed E-state index contributed by atoms with van der Waals surface area (Å²) in [5.41, 5.74) is 0.643. The highest BCUT2D eigenvalue weighted by Crippen LogP contribution is 2.22. The van der Waals surface area contributed by atoms with Crippen LogP contribution < -0.4 is 0 Å². The Bertz CT molecular complexity index is 651. The molecule has 0 saturated heterocycles. The molecule has 0 aliphatic heterocycles. The third-order valence-electron chi connectivity index (χ3n) is 3.07. The van der Waals surface area contributed by atoms with Crippen molar-refractivity contribution in [3.63, 3.8) is 0 Å². The molecule has 0 amide bonds. The number of aromatic nitrogens is 3. The normalized spacial score (nSPS) is 12.0. The summed E-state index contributed by atoms with van der Waals surface area (Å²) in [7, 11) is 0. The van der Waals surface area contributed by atoms with Crippen LogP contribution in [-0.4, -0.2) is 37.1 Å². The first-order chi connectivity index (χ1) is 10.1. The molecule has 1 atom stereocenters. The maximum atomic E-state index is 11.6. The first-order valence-corrected chi connectivity index (χ1v) is 6.51. The van der Waals surface area contributed by atoms with Crippen LogP contribution in [-0.2, 0) is 11.2 Å². The highest BCUT2D eigenvalue weighted by Gasteiger charge is 2.28. The van der Waals surface area contributed by atoms with Gasteiger partial charge in [-0.15, -0.1) is 5.10 Å². The molecule has 7 nitrogen and oxygen atoms in total. The average molecular weight is 289 g/mol. The summed E-state index contributed by atoms with van der Waals surface area (Å²) >= 11 is 0. The molecule has 0 saturated carbocycles. The van der Waals surface area contributed by atoms with Crippen molar-refractivity contribution in [2.45, 2.75) is 25.8 Å². The number of hydrogen-bond donors (Lipinski definition) is 2. The fourth-order valence-electron chi connectivity index (χ4n) is 2.18. The number of benzene rings is 1. The maximum Gasteiger partial charge on any atom is 0.358 e. The Morgan fingerprint density at radius 1 is 1.24 bits per heavy atom. The van der Waals surface area contributed by atoms with Crippen LogP contribution in [0.3, 0.4) is 0 Å². The van der Waals surface area contributed by atoms with Crippen molar-refractivity contribution in [2.24, 2.45) is 0 Å². The van der Waals surface area contributed by atoms with Crippen LogP contribution in [0.1, 0.15) is 41.1 Å². The van der Waals surface area contributed by atoms with Gasteiger partial charge in [0.1, 0.15) is 0 Å². The number of nitrogens with zero attached hydrogens (tertiary/aromatic N) is 3. The van der Waals surface area contributed by atoms with Crippen LogP contribution in [0.4, 0.5) is 0 Å². The Hall–Kier alpha value is -2.70. The van der Waals surface area contributed by atoms with E-state index in [2.05, 4.69) is 10.3 Å². The van der Waals surface area contributed by atoms with E-state index in [1.807, 2.05) is 6.92 Å². The molecule has 1 aromatic carbocycles. The Labute approximate surface area is 120 Å². The van der Waals surface area contributed by atoms with E-state index >= 15 is 0 Å². The first kappa shape index (κ1) is 14.7. The summed E-state index contributed by atoms with van der Waals surface area (Å²) in [6.07, 6.45) is 1.06. The van der Waals surface area contributed by atoms with Gasteiger partial charge in [-0.2, -0.15) is 0 Å². The molecular weight excluding hydrogens is 274 g/mol. The zero-order valence-corrected chi connectivity index (χ0v) is 11.4. The summed E-state index contributed by atoms with van der Waals surface area (Å²) < 4.78 is 1.19. The van der Waals surface area contributed by atoms with E-state index in [4.69, 9.17) is 5.11 Å². The van der Waals surface area contributed by atoms with Gasteiger partial charge in [0.05, 0.1) is 5.69 Å². The van der Waals surface area contributed by atoms with E-state index in [1.54, 1.807) is 30.3 Å². The maximum absolute atomic E-state index is 11.6. The van der Waals surface area contributed by atoms with E-state index in [0.29, 0.717) is 24.1 Å². The van der Waals surface area contributed by atoms with Crippen molar-refractivity contribution in [3.05, 3.63) is 47.3 Å². The van der Waals surface area contributed by atoms with E-state index in [0.717, 1.165) is 0 Å². The quantitative estimate of drug-likeness (QED) is 0.836. The number of hydrogen-bond acceptors (Lipinski definition) is 4. The van der Waals surface area contributed by atoms with Gasteiger partial charge in [0.2, 0.25) is 0 Å². The molecule has 2 aromatic rings. The monoisotopic (exact) mass is 289 g/mol. The molecule has 0 radical (unpaired) electrons. The molecule has 1 heterocycles. The molecule has 7 heteroatoms. The third-order valence-corrected chi connectivity index (χ3v) is 3.07. The predicted molar refractivity (Wildman–Crippen MR) is 73.2 cm³/mol. The van der Waals surface area contributed by atoms with Crippen LogP contribution in [0.2, 0.25) is 0 Å². The zero-order valence-electron chi connectivity index (χ0n) is 11.4. The lowest BCUT2D eigenvalue weighted by Gasteiger charge is -2.15. The number of rotatable bonds is 6. The van der Waals surface area contributed by atoms with E-state index in [1.165, 1.54) is 4.68 Å². The van der Waals surface area contributed by atoms with E-state index in [-0.39, 0.29) is 5.69 Å². The summed E-state index contributed by atoms with van der Waals surface area (Å²) in [5, 5.41) is 26.0. The molecule has 1 unspecified atom stereocenters. The standard InChI is InChI=1S/C14H15N3O4/c1-2-6-10-11(13(18)19)15-16-17(10)12(14(20)21)9-7-4-3-5-8-9/h3-5,7-8,12H,2,6H2,1H3,(H,18,19)(H,20,21). The fourth-order valence-corrected chi connectivity index (χ4v) is 2.18. The van der Waals surface area contributed by atoms with Crippen molar-refractivity contribution in [1.82, 2.24) is 15.0 Å². The predicted octanol–water partition coefficient (Wildman–Crippen LogP) is 1.60. The largest absolute Gasteiger partial charge is 0.479 e. The molecular formula is C14H15N3O4. The lowest BCUT2D eigenvalue weighted by atomic mass is 10.1. The highest BCUT2D eigenvalue weighted by atomic mass is 16.4. The minimum atomic E-state index is -1.21. The Kier molecular flexibility index (Phi) is 4.32. The van der Waals surface area contributed by atoms with Gasteiger partial charge >= 0.3 is 11.9 Å². The number of aliphatic carboxylic acids is 1. The fraction of sp³-hybridized carbons (Fsp3) is 0.286. The number of carboxylic acid groups (broad SMARTS) is 2. The summed E-state index contributed by atoms with van der Waals surface area (Å²) in [6.45, 7) is 1.88. The molecule has 110 valence electrons. The molecule has 0 fully saturated rings. The zero-order chi connectivity index (χ0) is 15.4. The third kappa shape index (κ3) is 2.91. The smallest absolute Gasteiger partial charge is 0.358 e. The second-order valence-electron chi connectivity index (χ2n) is 4.54. The van der Waals surface area contributed by atoms with Gasteiger partial charge in [0.15, 0.2) is 11.7 Å². The molecule has 21 heavy (non-hydrogen) atoms. The van der Waals surface area contributed by atoms with Gasteiger partial charge in [0.25, 0.3) is 0 Å². The van der Waals surface area contributed by atoms with Gasteiger partial charge in [-0.1, -0.05) is 48.9 Å². The van der Waals surface area contributed by atoms with Crippen LogP contribution in [0.5, 0.6) is 0 Å². The van der Waals surface area contributed by atoms with Gasteiger partial charge in [-0.3, -0.25) is 0 Å². The van der Waals surface area contributed by atoms with Crippen LogP contribution in [0, 0.1) is 0 Å². The van der Waals surface area contributed by atoms with Crippen molar-refractivity contribution in [2.75, 3.05) is 0 Å². The molecule has 0 spiro atoms. The SMILES string of the molecule is CCCc1c(C(=O)O)nnn1C(C(=O)O)c1ccccc1. The van der Waals surface area contributed by atoms with Gasteiger partial charge < -0.3 is 10.2 Å². The molecule has 2 rings (SSSR count). The summed E-state index contributed by atoms with van der Waals surface area (Å²) in [4.78, 5) is 22.8. The second kappa shape index (κ2) is 6.17. The highest BCUT2D eigenvalue weighted by molar-refractivity contribution is 5.86. The van der Waals surface area contributed by atoms with Crippen LogP contribution in [0.15, 0.2) is 30.3 Å². The Morgan fingerprint density at radius 3 is 2.43 bits per heavy atom. The summed E-state index contributed by atoms with van der Waals surface area (Å²) in [5.74, 6) is -2.32. The topological polar surface area (TPSA) is 105 Å². The number of aromatic carboxylic acids is 1.